The molecule has 0 spiro atoms. The van der Waals surface area contributed by atoms with E-state index in [1.54, 1.807) is 0 Å². The van der Waals surface area contributed by atoms with Crippen molar-refractivity contribution in [3.63, 3.8) is 0 Å². The molecule has 372 valence electrons. The number of nitrogens with one attached hydrogen (secondary N) is 3. The molecule has 2 aromatic carbocycles. The molecular weight excluding hydrogens is 889 g/mol. The van der Waals surface area contributed by atoms with Crippen molar-refractivity contribution in [2.24, 2.45) is 28.7 Å². The van der Waals surface area contributed by atoms with Crippen LogP contribution in [0.15, 0.2) is 65.9 Å². The molecule has 6 aliphatic rings. The summed E-state index contributed by atoms with van der Waals surface area (Å²) in [6.07, 6.45) is 12.9. The molecule has 2 aliphatic carbocycles. The molecular formula is C54H68N8O8. The van der Waals surface area contributed by atoms with Gasteiger partial charge in [-0.25, -0.2) is 19.6 Å². The van der Waals surface area contributed by atoms with Crippen LogP contribution in [0.2, 0.25) is 0 Å². The standard InChI is InChI=1S/C54H68N8O8/c1-29-13-23-43(61(29)51(63)47(59-53(65)67-5)39-25-31(3)69-45-11-7-9-37(39)45)49-55-27-41(57-49)35-19-15-33(16-20-35)34-17-21-36(22-18-34)42-28-56-50(58-42)44-24-14-30(2)62(44)52(64)48(60-54(66)68-6)40-26-32(4)70-46-12-8-10-38(40)46/h15-22,27-32,37-40,43-47H,7-14,23-26H2,1-6H3,(H,55,57)(H,56,58)(H,59,65)/t29-,30-,31+,32+,37-,38-,39?,40?,43-,44-,45-,46-,47-/m0/s1. The number of likely N-dealkylation sites (tertiary alicyclic amines) is 2. The molecule has 4 saturated heterocycles. The third-order valence-corrected chi connectivity index (χ3v) is 16.6. The SMILES string of the molecule is COC(=O)N=C(C(=O)N1[C@@H](C)CC[C@H]1c1ncc(-c2ccc(-c3ccc(-c4cnc([C@@H]5CC[C@H](C)N5C(=O)[C@@H](NC(=O)OC)C5C[C@@H](C)O[C@H]6CCC[C@@H]56)[nH]4)cc3)cc2)[nH]1)C1C[C@@H](C)O[C@H]2CCC[C@@H]12. The zero-order valence-corrected chi connectivity index (χ0v) is 41.3. The number of imidazole rings is 2. The van der Waals surface area contributed by atoms with E-state index in [0.29, 0.717) is 18.7 Å². The number of benzene rings is 2. The first-order valence-corrected chi connectivity index (χ1v) is 25.7. The van der Waals surface area contributed by atoms with Gasteiger partial charge in [-0.1, -0.05) is 61.4 Å². The lowest BCUT2D eigenvalue weighted by atomic mass is 9.77. The zero-order chi connectivity index (χ0) is 48.8. The number of fused-ring (bicyclic) bond motifs is 2. The highest BCUT2D eigenvalue weighted by atomic mass is 16.5. The van der Waals surface area contributed by atoms with Crippen molar-refractivity contribution in [1.29, 1.82) is 0 Å². The maximum Gasteiger partial charge on any atom is 0.433 e. The van der Waals surface area contributed by atoms with E-state index in [9.17, 15) is 19.2 Å². The first-order chi connectivity index (χ1) is 33.9. The van der Waals surface area contributed by atoms with E-state index in [2.05, 4.69) is 89.6 Å². The smallest absolute Gasteiger partial charge is 0.433 e. The summed E-state index contributed by atoms with van der Waals surface area (Å²) >= 11 is 0. The first kappa shape index (κ1) is 47.8. The number of nitrogens with zero attached hydrogens (tertiary/aromatic N) is 5. The molecule has 0 bridgehead atoms. The molecule has 2 aromatic heterocycles. The molecule has 4 amide bonds. The van der Waals surface area contributed by atoms with Crippen LogP contribution in [0.4, 0.5) is 9.59 Å². The predicted octanol–water partition coefficient (Wildman–Crippen LogP) is 9.36. The molecule has 4 aromatic rings. The predicted molar refractivity (Wildman–Crippen MR) is 262 cm³/mol. The second-order valence-corrected chi connectivity index (χ2v) is 20.8. The lowest BCUT2D eigenvalue weighted by molar-refractivity contribution is -0.144. The van der Waals surface area contributed by atoms with Crippen molar-refractivity contribution < 1.29 is 38.1 Å². The van der Waals surface area contributed by atoms with Crippen LogP contribution in [0.5, 0.6) is 0 Å². The number of H-pyrrole nitrogens is 2. The van der Waals surface area contributed by atoms with E-state index in [0.717, 1.165) is 104 Å². The van der Waals surface area contributed by atoms with Crippen LogP contribution in [0.25, 0.3) is 33.6 Å². The van der Waals surface area contributed by atoms with Crippen LogP contribution in [0.1, 0.15) is 128 Å². The van der Waals surface area contributed by atoms with Crippen molar-refractivity contribution >= 4 is 29.7 Å². The number of aliphatic imine (C=N–C) groups is 1. The fraction of sp³-hybridized carbons (Fsp3) is 0.574. The number of hydrogen-bond acceptors (Lipinski definition) is 10. The van der Waals surface area contributed by atoms with Crippen molar-refractivity contribution in [1.82, 2.24) is 35.1 Å². The summed E-state index contributed by atoms with van der Waals surface area (Å²) in [6, 6.07) is 15.3. The molecule has 2 saturated carbocycles. The van der Waals surface area contributed by atoms with Crippen molar-refractivity contribution in [3.05, 3.63) is 72.6 Å². The summed E-state index contributed by atoms with van der Waals surface area (Å²) in [5.41, 5.74) is 6.04. The Hall–Kier alpha value is -5.87. The van der Waals surface area contributed by atoms with E-state index in [1.807, 2.05) is 29.1 Å². The molecule has 70 heavy (non-hydrogen) atoms. The molecule has 16 nitrogen and oxygen atoms in total. The lowest BCUT2D eigenvalue weighted by Gasteiger charge is -2.43. The highest BCUT2D eigenvalue weighted by Gasteiger charge is 2.50. The summed E-state index contributed by atoms with van der Waals surface area (Å²) in [6.45, 7) is 8.22. The van der Waals surface area contributed by atoms with Crippen molar-refractivity contribution in [3.8, 4) is 33.6 Å². The fourth-order valence-electron chi connectivity index (χ4n) is 13.2. The minimum absolute atomic E-state index is 0.00330. The number of alkyl carbamates (subject to hydrolysis) is 1. The van der Waals surface area contributed by atoms with Gasteiger partial charge in [-0.15, -0.1) is 0 Å². The van der Waals surface area contributed by atoms with Crippen LogP contribution in [-0.2, 0) is 28.5 Å². The lowest BCUT2D eigenvalue weighted by Crippen LogP contribution is -2.57. The topological polar surface area (TPSA) is 193 Å². The Labute approximate surface area is 410 Å². The zero-order valence-electron chi connectivity index (χ0n) is 41.3. The van der Waals surface area contributed by atoms with Crippen LogP contribution < -0.4 is 5.32 Å². The number of amides is 4. The fourth-order valence-corrected chi connectivity index (χ4v) is 13.2. The average molecular weight is 957 g/mol. The quantitative estimate of drug-likeness (QED) is 0.129. The van der Waals surface area contributed by atoms with Gasteiger partial charge < -0.3 is 44.0 Å². The Kier molecular flexibility index (Phi) is 13.7. The normalized spacial score (nSPS) is 31.3. The Morgan fingerprint density at radius 2 is 1.17 bits per heavy atom. The third kappa shape index (κ3) is 9.28. The van der Waals surface area contributed by atoms with E-state index in [1.165, 1.54) is 14.2 Å². The molecule has 2 unspecified atom stereocenters. The minimum atomic E-state index is -0.757. The maximum absolute atomic E-state index is 14.7. The Balaban J connectivity index is 0.817. The Bertz CT molecular complexity index is 2570. The monoisotopic (exact) mass is 957 g/mol. The highest BCUT2D eigenvalue weighted by Crippen LogP contribution is 2.46. The summed E-state index contributed by atoms with van der Waals surface area (Å²) < 4.78 is 22.6. The van der Waals surface area contributed by atoms with Gasteiger partial charge in [0.25, 0.3) is 5.91 Å². The van der Waals surface area contributed by atoms with Gasteiger partial charge in [-0.3, -0.25) is 9.59 Å². The number of rotatable bonds is 10. The summed E-state index contributed by atoms with van der Waals surface area (Å²) in [4.78, 5) is 79.6. The molecule has 6 heterocycles. The van der Waals surface area contributed by atoms with Gasteiger partial charge in [0.1, 0.15) is 23.4 Å². The highest BCUT2D eigenvalue weighted by molar-refractivity contribution is 6.41. The maximum atomic E-state index is 14.7. The van der Waals surface area contributed by atoms with Crippen LogP contribution >= 0.6 is 0 Å². The molecule has 0 radical (unpaired) electrons. The minimum Gasteiger partial charge on any atom is -0.453 e. The van der Waals surface area contributed by atoms with Gasteiger partial charge in [0.15, 0.2) is 0 Å². The molecule has 13 atom stereocenters. The summed E-state index contributed by atoms with van der Waals surface area (Å²) in [5.74, 6) is 1.25. The number of methoxy groups -OCH3 is 2. The van der Waals surface area contributed by atoms with Crippen LogP contribution in [-0.4, -0.2) is 116 Å². The second kappa shape index (κ2) is 20.1. The summed E-state index contributed by atoms with van der Waals surface area (Å²) in [7, 11) is 2.64. The van der Waals surface area contributed by atoms with Crippen molar-refractivity contribution in [2.75, 3.05) is 14.2 Å². The van der Waals surface area contributed by atoms with E-state index < -0.39 is 18.2 Å². The van der Waals surface area contributed by atoms with E-state index in [4.69, 9.17) is 28.9 Å². The summed E-state index contributed by atoms with van der Waals surface area (Å²) in [5, 5.41) is 2.97. The third-order valence-electron chi connectivity index (χ3n) is 16.6. The van der Waals surface area contributed by atoms with Crippen LogP contribution in [0.3, 0.4) is 0 Å². The Morgan fingerprint density at radius 1 is 0.657 bits per heavy atom. The molecule has 10 rings (SSSR count). The van der Waals surface area contributed by atoms with Gasteiger partial charge >= 0.3 is 12.2 Å². The number of aromatic amines is 2. The van der Waals surface area contributed by atoms with Gasteiger partial charge in [-0.05, 0) is 132 Å². The van der Waals surface area contributed by atoms with Crippen LogP contribution in [0, 0.1) is 23.7 Å². The van der Waals surface area contributed by atoms with Gasteiger partial charge in [0.05, 0.1) is 74.5 Å². The molecule has 4 aliphatic heterocycles. The number of aromatic nitrogens is 4. The average Bonchev–Trinajstić information content (AvgIpc) is 4.24. The van der Waals surface area contributed by atoms with E-state index in [-0.39, 0.29) is 89.8 Å². The second-order valence-electron chi connectivity index (χ2n) is 20.8. The Morgan fingerprint density at radius 3 is 1.74 bits per heavy atom. The van der Waals surface area contributed by atoms with Gasteiger partial charge in [-0.2, -0.15) is 4.99 Å². The van der Waals surface area contributed by atoms with Gasteiger partial charge in [0, 0.05) is 18.0 Å². The number of ether oxygens (including phenoxy) is 4. The van der Waals surface area contributed by atoms with Crippen molar-refractivity contribution in [2.45, 2.75) is 159 Å². The number of carbonyl (C=O) groups excluding carboxylic acids is 4. The molecule has 3 N–H and O–H groups in total. The first-order valence-electron chi connectivity index (χ1n) is 25.7. The molecule has 16 heteroatoms. The van der Waals surface area contributed by atoms with E-state index >= 15 is 0 Å². The molecule has 6 fully saturated rings. The number of carbonyl (C=O) groups is 4. The van der Waals surface area contributed by atoms with Gasteiger partial charge in [0.2, 0.25) is 5.91 Å². The largest absolute Gasteiger partial charge is 0.453 e. The number of hydrogen-bond donors (Lipinski definition) is 3.